The van der Waals surface area contributed by atoms with Crippen molar-refractivity contribution in [2.75, 3.05) is 51.3 Å². The highest BCUT2D eigenvalue weighted by Gasteiger charge is 2.34. The van der Waals surface area contributed by atoms with E-state index in [1.807, 2.05) is 23.1 Å². The summed E-state index contributed by atoms with van der Waals surface area (Å²) in [4.78, 5) is 15.0. The van der Waals surface area contributed by atoms with Gasteiger partial charge in [0.05, 0.1) is 11.4 Å². The molecular weight excluding hydrogens is 420 g/mol. The number of hydrogen-bond acceptors (Lipinski definition) is 7. The van der Waals surface area contributed by atoms with E-state index in [0.717, 1.165) is 50.1 Å². The first kappa shape index (κ1) is 22.9. The number of halogens is 2. The number of nitrogens with two attached hydrogens (primary N) is 1. The highest BCUT2D eigenvalue weighted by Crippen LogP contribution is 2.26. The van der Waals surface area contributed by atoms with Crippen LogP contribution in [0.3, 0.4) is 0 Å². The zero-order chi connectivity index (χ0) is 22.5. The van der Waals surface area contributed by atoms with E-state index >= 15 is 0 Å². The molecule has 10 heteroatoms. The lowest BCUT2D eigenvalue weighted by molar-refractivity contribution is -0.117. The van der Waals surface area contributed by atoms with Crippen LogP contribution >= 0.6 is 0 Å². The lowest BCUT2D eigenvalue weighted by Crippen LogP contribution is -2.56. The number of aromatic nitrogens is 1. The number of carbonyl (C=O) groups is 1. The minimum absolute atomic E-state index is 0.196. The Morgan fingerprint density at radius 3 is 2.84 bits per heavy atom. The lowest BCUT2D eigenvalue weighted by Gasteiger charge is -2.42. The number of amides is 1. The molecule has 1 amide bonds. The van der Waals surface area contributed by atoms with Crippen molar-refractivity contribution in [3.8, 4) is 0 Å². The molecule has 3 N–H and O–H groups in total. The molecule has 0 saturated carbocycles. The second-order valence-electron chi connectivity index (χ2n) is 8.69. The van der Waals surface area contributed by atoms with Crippen molar-refractivity contribution < 1.29 is 22.8 Å². The Kier molecular flexibility index (Phi) is 7.54. The van der Waals surface area contributed by atoms with Gasteiger partial charge in [-0.15, -0.1) is 0 Å². The van der Waals surface area contributed by atoms with Gasteiger partial charge in [-0.3, -0.25) is 14.6 Å². The van der Waals surface area contributed by atoms with Crippen molar-refractivity contribution in [2.24, 2.45) is 11.7 Å². The van der Waals surface area contributed by atoms with Crippen LogP contribution in [0.2, 0.25) is 0 Å². The molecule has 1 atom stereocenters. The molecule has 0 spiro atoms. The summed E-state index contributed by atoms with van der Waals surface area (Å²) in [7, 11) is 0. The van der Waals surface area contributed by atoms with Crippen molar-refractivity contribution >= 4 is 22.7 Å². The van der Waals surface area contributed by atoms with Crippen LogP contribution in [0.4, 0.5) is 14.6 Å². The number of primary amides is 1. The van der Waals surface area contributed by atoms with Gasteiger partial charge in [-0.05, 0) is 36.5 Å². The van der Waals surface area contributed by atoms with E-state index in [1.165, 1.54) is 0 Å². The number of fused-ring (bicyclic) bond motifs is 1. The quantitative estimate of drug-likeness (QED) is 0.604. The summed E-state index contributed by atoms with van der Waals surface area (Å²) in [5.74, 6) is 0.596. The molecule has 2 saturated heterocycles. The molecule has 176 valence electrons. The van der Waals surface area contributed by atoms with Gasteiger partial charge in [0.2, 0.25) is 5.91 Å². The van der Waals surface area contributed by atoms with Crippen LogP contribution in [0.1, 0.15) is 24.8 Å². The van der Waals surface area contributed by atoms with E-state index in [4.69, 9.17) is 15.0 Å². The van der Waals surface area contributed by atoms with Crippen LogP contribution in [0, 0.1) is 5.92 Å². The molecule has 0 radical (unpaired) electrons. The van der Waals surface area contributed by atoms with Gasteiger partial charge in [0.15, 0.2) is 11.4 Å². The molecule has 1 aromatic carbocycles. The Labute approximate surface area is 186 Å². The molecule has 1 unspecified atom stereocenters. The van der Waals surface area contributed by atoms with E-state index in [9.17, 15) is 13.6 Å². The summed E-state index contributed by atoms with van der Waals surface area (Å²) in [6.45, 7) is 4.86. The molecule has 32 heavy (non-hydrogen) atoms. The maximum atomic E-state index is 13.9. The van der Waals surface area contributed by atoms with Crippen molar-refractivity contribution in [3.05, 3.63) is 23.8 Å². The van der Waals surface area contributed by atoms with Gasteiger partial charge in [0, 0.05) is 58.9 Å². The number of rotatable bonds is 9. The normalized spacial score (nSPS) is 21.4. The van der Waals surface area contributed by atoms with Gasteiger partial charge in [0.25, 0.3) is 6.43 Å². The van der Waals surface area contributed by atoms with Gasteiger partial charge >= 0.3 is 0 Å². The highest BCUT2D eigenvalue weighted by atomic mass is 19.3. The summed E-state index contributed by atoms with van der Waals surface area (Å²) in [5, 5.41) is 7.88. The average molecular weight is 452 g/mol. The Balaban J connectivity index is 1.38. The molecular formula is C22H31F2N5O3. The van der Waals surface area contributed by atoms with Crippen molar-refractivity contribution in [1.82, 2.24) is 15.0 Å². The Morgan fingerprint density at radius 1 is 1.28 bits per heavy atom. The Hall–Kier alpha value is -2.30. The third-order valence-electron chi connectivity index (χ3n) is 6.35. The number of piperazine rings is 1. The number of hydrogen-bond donors (Lipinski definition) is 2. The van der Waals surface area contributed by atoms with E-state index in [0.29, 0.717) is 43.5 Å². The fraction of sp³-hybridized carbons (Fsp3) is 0.636. The Bertz CT molecular complexity index is 903. The van der Waals surface area contributed by atoms with Gasteiger partial charge in [-0.25, -0.2) is 8.78 Å². The van der Waals surface area contributed by atoms with Crippen molar-refractivity contribution in [1.29, 1.82) is 0 Å². The molecule has 1 aromatic heterocycles. The molecule has 2 aromatic rings. The fourth-order valence-electron chi connectivity index (χ4n) is 4.55. The standard InChI is InChI=1S/C22H31F2N5O3/c23-21(24)18-14-28(7-8-29(18)13-15-4-9-31-10-5-15)12-16-1-2-19-17(11-16)22(27-32-19)26-6-3-20(25)30/h1-2,11,15,18,21H,3-10,12-14H2,(H2,25,30)(H,26,27). The summed E-state index contributed by atoms with van der Waals surface area (Å²) in [5.41, 5.74) is 6.81. The molecule has 4 rings (SSSR count). The molecule has 0 aliphatic carbocycles. The first-order valence-corrected chi connectivity index (χ1v) is 11.2. The zero-order valence-electron chi connectivity index (χ0n) is 18.1. The summed E-state index contributed by atoms with van der Waals surface area (Å²) in [6, 6.07) is 4.98. The van der Waals surface area contributed by atoms with Crippen molar-refractivity contribution in [2.45, 2.75) is 38.3 Å². The van der Waals surface area contributed by atoms with Crippen LogP contribution in [-0.4, -0.2) is 79.3 Å². The van der Waals surface area contributed by atoms with Crippen LogP contribution in [0.15, 0.2) is 22.7 Å². The molecule has 3 heterocycles. The van der Waals surface area contributed by atoms with Gasteiger partial charge in [-0.2, -0.15) is 0 Å². The minimum Gasteiger partial charge on any atom is -0.381 e. The number of anilines is 1. The number of benzene rings is 1. The molecule has 2 aliphatic heterocycles. The number of ether oxygens (including phenoxy) is 1. The van der Waals surface area contributed by atoms with Gasteiger partial charge < -0.3 is 20.3 Å². The number of carbonyl (C=O) groups excluding carboxylic acids is 1. The number of alkyl halides is 2. The topological polar surface area (TPSA) is 96.9 Å². The number of nitrogens with zero attached hydrogens (tertiary/aromatic N) is 3. The first-order chi connectivity index (χ1) is 15.5. The SMILES string of the molecule is NC(=O)CCNc1noc2ccc(CN3CCN(CC4CCOCC4)C(C(F)F)C3)cc12. The second-order valence-corrected chi connectivity index (χ2v) is 8.69. The largest absolute Gasteiger partial charge is 0.381 e. The van der Waals surface area contributed by atoms with Crippen LogP contribution in [0.5, 0.6) is 0 Å². The third-order valence-corrected chi connectivity index (χ3v) is 6.35. The average Bonchev–Trinajstić information content (AvgIpc) is 3.17. The fourth-order valence-corrected chi connectivity index (χ4v) is 4.55. The first-order valence-electron chi connectivity index (χ1n) is 11.2. The number of nitrogens with one attached hydrogen (secondary N) is 1. The minimum atomic E-state index is -2.38. The highest BCUT2D eigenvalue weighted by molar-refractivity contribution is 5.88. The van der Waals surface area contributed by atoms with E-state index in [1.54, 1.807) is 0 Å². The Morgan fingerprint density at radius 2 is 2.09 bits per heavy atom. The molecule has 0 bridgehead atoms. The van der Waals surface area contributed by atoms with Crippen LogP contribution in [0.25, 0.3) is 11.0 Å². The predicted octanol–water partition coefficient (Wildman–Crippen LogP) is 2.29. The summed E-state index contributed by atoms with van der Waals surface area (Å²) < 4.78 is 38.5. The predicted molar refractivity (Wildman–Crippen MR) is 116 cm³/mol. The summed E-state index contributed by atoms with van der Waals surface area (Å²) >= 11 is 0. The van der Waals surface area contributed by atoms with Crippen LogP contribution in [-0.2, 0) is 16.1 Å². The maximum absolute atomic E-state index is 13.9. The maximum Gasteiger partial charge on any atom is 0.255 e. The van der Waals surface area contributed by atoms with Gasteiger partial charge in [0.1, 0.15) is 0 Å². The van der Waals surface area contributed by atoms with E-state index in [-0.39, 0.29) is 6.42 Å². The van der Waals surface area contributed by atoms with Gasteiger partial charge in [-0.1, -0.05) is 11.2 Å². The van der Waals surface area contributed by atoms with Crippen molar-refractivity contribution in [3.63, 3.8) is 0 Å². The molecule has 8 nitrogen and oxygen atoms in total. The molecule has 2 aliphatic rings. The summed E-state index contributed by atoms with van der Waals surface area (Å²) in [6.07, 6.45) is -0.282. The smallest absolute Gasteiger partial charge is 0.255 e. The third kappa shape index (κ3) is 5.73. The van der Waals surface area contributed by atoms with E-state index < -0.39 is 18.4 Å². The zero-order valence-corrected chi connectivity index (χ0v) is 18.1. The molecule has 2 fully saturated rings. The monoisotopic (exact) mass is 451 g/mol. The van der Waals surface area contributed by atoms with Crippen LogP contribution < -0.4 is 11.1 Å². The lowest BCUT2D eigenvalue weighted by atomic mass is 9.98. The second kappa shape index (κ2) is 10.5. The van der Waals surface area contributed by atoms with E-state index in [2.05, 4.69) is 15.4 Å².